The first kappa shape index (κ1) is 14.5. The van der Waals surface area contributed by atoms with Gasteiger partial charge in [0.1, 0.15) is 11.4 Å². The van der Waals surface area contributed by atoms with Gasteiger partial charge in [0.2, 0.25) is 0 Å². The first-order valence-electron chi connectivity index (χ1n) is 6.64. The lowest BCUT2D eigenvalue weighted by Gasteiger charge is -2.26. The molecule has 3 rings (SSSR count). The number of nitrogens with zero attached hydrogens (tertiary/aromatic N) is 1. The Kier molecular flexibility index (Phi) is 3.76. The number of hydrogen-bond donors (Lipinski definition) is 0. The first-order valence-corrected chi connectivity index (χ1v) is 6.64. The van der Waals surface area contributed by atoms with Gasteiger partial charge in [-0.1, -0.05) is 31.2 Å². The van der Waals surface area contributed by atoms with E-state index < -0.39 is 0 Å². The van der Waals surface area contributed by atoms with E-state index in [9.17, 15) is 0 Å². The van der Waals surface area contributed by atoms with Crippen LogP contribution in [0, 0.1) is 0 Å². The van der Waals surface area contributed by atoms with Gasteiger partial charge in [0, 0.05) is 18.6 Å². The lowest BCUT2D eigenvalue weighted by molar-refractivity contribution is -0.00000373. The van der Waals surface area contributed by atoms with Crippen molar-refractivity contribution in [3.63, 3.8) is 0 Å². The molecule has 19 heavy (non-hydrogen) atoms. The third-order valence-corrected chi connectivity index (χ3v) is 4.44. The highest BCUT2D eigenvalue weighted by molar-refractivity contribution is 6.02. The smallest absolute Gasteiger partial charge is 0.145 e. The Labute approximate surface area is 132 Å². The quantitative estimate of drug-likeness (QED) is 0.532. The molecule has 100 valence electrons. The van der Waals surface area contributed by atoms with E-state index in [1.807, 2.05) is 0 Å². The number of halogens is 1. The minimum Gasteiger partial charge on any atom is -1.00 e. The van der Waals surface area contributed by atoms with Crippen LogP contribution in [0.5, 0.6) is 0 Å². The van der Waals surface area contributed by atoms with E-state index in [0.717, 1.165) is 10.9 Å². The molecule has 0 bridgehead atoms. The lowest BCUT2D eigenvalue weighted by Crippen LogP contribution is -3.00. The largest absolute Gasteiger partial charge is 1.00 e. The Balaban J connectivity index is 0.00000133. The van der Waals surface area contributed by atoms with Gasteiger partial charge in [0.25, 0.3) is 0 Å². The molecular weight excluding hydrogens is 345 g/mol. The molecule has 0 N–H and O–H groups in total. The molecule has 0 aromatic heterocycles. The van der Waals surface area contributed by atoms with Crippen LogP contribution in [0.4, 0.5) is 5.69 Å². The Bertz CT molecular complexity index is 668. The summed E-state index contributed by atoms with van der Waals surface area (Å²) in [5.74, 6) is 0. The number of rotatable bonds is 1. The van der Waals surface area contributed by atoms with Crippen molar-refractivity contribution in [3.05, 3.63) is 47.7 Å². The average Bonchev–Trinajstić information content (AvgIpc) is 2.58. The molecule has 0 fully saturated rings. The molecule has 1 aliphatic rings. The number of allylic oxidation sites excluding steroid dienone is 2. The normalized spacial score (nSPS) is 16.4. The topological polar surface area (TPSA) is 0 Å². The van der Waals surface area contributed by atoms with Crippen molar-refractivity contribution in [3.8, 4) is 0 Å². The van der Waals surface area contributed by atoms with Crippen molar-refractivity contribution in [1.82, 2.24) is 4.48 Å². The van der Waals surface area contributed by atoms with Crippen molar-refractivity contribution in [2.24, 2.45) is 0 Å². The third-order valence-electron chi connectivity index (χ3n) is 4.44. The van der Waals surface area contributed by atoms with Crippen LogP contribution >= 0.6 is 0 Å². The molecule has 0 aliphatic carbocycles. The predicted molar refractivity (Wildman–Crippen MR) is 80.5 cm³/mol. The van der Waals surface area contributed by atoms with Gasteiger partial charge in [-0.15, -0.1) is 0 Å². The van der Waals surface area contributed by atoms with Crippen LogP contribution in [0.25, 0.3) is 16.3 Å². The van der Waals surface area contributed by atoms with Gasteiger partial charge in [-0.05, 0) is 23.3 Å². The van der Waals surface area contributed by atoms with Crippen LogP contribution < -0.4 is 28.5 Å². The van der Waals surface area contributed by atoms with Crippen molar-refractivity contribution >= 4 is 22.0 Å². The number of hydrogen-bond acceptors (Lipinski definition) is 0. The third kappa shape index (κ3) is 1.93. The molecule has 0 amide bonds. The van der Waals surface area contributed by atoms with Gasteiger partial charge in [0.15, 0.2) is 0 Å². The van der Waals surface area contributed by atoms with Crippen LogP contribution in [-0.4, -0.2) is 14.1 Å². The maximum absolute atomic E-state index is 2.30. The molecule has 1 aliphatic heterocycles. The van der Waals surface area contributed by atoms with E-state index in [4.69, 9.17) is 0 Å². The zero-order chi connectivity index (χ0) is 12.9. The van der Waals surface area contributed by atoms with Crippen LogP contribution in [0.1, 0.15) is 25.8 Å². The highest BCUT2D eigenvalue weighted by Gasteiger charge is 2.36. The summed E-state index contributed by atoms with van der Waals surface area (Å²) in [6.07, 6.45) is 1.11. The zero-order valence-corrected chi connectivity index (χ0v) is 14.2. The summed E-state index contributed by atoms with van der Waals surface area (Å²) in [6.45, 7) is 4.53. The molecule has 2 heteroatoms. The monoisotopic (exact) mass is 365 g/mol. The summed E-state index contributed by atoms with van der Waals surface area (Å²) in [7, 11) is 4.57. The molecule has 0 saturated carbocycles. The molecular formula is C17H20IN. The Hall–Kier alpha value is -0.870. The average molecular weight is 365 g/mol. The van der Waals surface area contributed by atoms with E-state index in [1.165, 1.54) is 33.3 Å². The fourth-order valence-electron chi connectivity index (χ4n) is 3.17. The summed E-state index contributed by atoms with van der Waals surface area (Å²) < 4.78 is 0.892. The maximum Gasteiger partial charge on any atom is 0.145 e. The summed E-state index contributed by atoms with van der Waals surface area (Å²) >= 11 is 0. The van der Waals surface area contributed by atoms with Crippen molar-refractivity contribution in [2.45, 2.75) is 20.3 Å². The van der Waals surface area contributed by atoms with E-state index in [1.54, 1.807) is 0 Å². The maximum atomic E-state index is 2.30. The molecule has 2 aromatic carbocycles. The zero-order valence-electron chi connectivity index (χ0n) is 12.0. The highest BCUT2D eigenvalue weighted by Crippen LogP contribution is 2.47. The van der Waals surface area contributed by atoms with E-state index >= 15 is 0 Å². The van der Waals surface area contributed by atoms with Gasteiger partial charge < -0.3 is 24.0 Å². The standard InChI is InChI=1S/C17H20N.HI/c1-5-14-12(2)18(3,4)16-11-10-13-8-6-7-9-15(13)17(14)16;/h6-11H,5H2,1-4H3;1H/q+1;/p-1. The van der Waals surface area contributed by atoms with E-state index in [-0.39, 0.29) is 24.0 Å². The Morgan fingerprint density at radius 1 is 1.00 bits per heavy atom. The van der Waals surface area contributed by atoms with Gasteiger partial charge in [-0.3, -0.25) is 4.48 Å². The van der Waals surface area contributed by atoms with Gasteiger partial charge >= 0.3 is 0 Å². The summed E-state index contributed by atoms with van der Waals surface area (Å²) in [4.78, 5) is 0. The first-order chi connectivity index (χ1) is 8.57. The molecule has 0 radical (unpaired) electrons. The van der Waals surface area contributed by atoms with E-state index in [2.05, 4.69) is 64.3 Å². The number of fused-ring (bicyclic) bond motifs is 3. The summed E-state index contributed by atoms with van der Waals surface area (Å²) in [5, 5.41) is 2.74. The van der Waals surface area contributed by atoms with Crippen molar-refractivity contribution < 1.29 is 24.0 Å². The molecule has 1 nitrogen and oxygen atoms in total. The van der Waals surface area contributed by atoms with Crippen molar-refractivity contribution in [1.29, 1.82) is 0 Å². The fraction of sp³-hybridized carbons (Fsp3) is 0.294. The number of benzene rings is 2. The lowest BCUT2D eigenvalue weighted by atomic mass is 9.96. The Morgan fingerprint density at radius 2 is 1.68 bits per heavy atom. The number of quaternary nitrogens is 1. The fourth-order valence-corrected chi connectivity index (χ4v) is 3.17. The molecule has 0 unspecified atom stereocenters. The summed E-state index contributed by atoms with van der Waals surface area (Å²) in [5.41, 5.74) is 5.90. The van der Waals surface area contributed by atoms with Crippen molar-refractivity contribution in [2.75, 3.05) is 14.1 Å². The summed E-state index contributed by atoms with van der Waals surface area (Å²) in [6, 6.07) is 13.3. The second kappa shape index (κ2) is 4.91. The van der Waals surface area contributed by atoms with Gasteiger partial charge in [-0.2, -0.15) is 0 Å². The van der Waals surface area contributed by atoms with Gasteiger partial charge in [0.05, 0.1) is 19.7 Å². The van der Waals surface area contributed by atoms with Crippen LogP contribution in [0.3, 0.4) is 0 Å². The SMILES string of the molecule is CCC1=C(C)[N+](C)(C)c2ccc3ccccc3c21.[I-]. The van der Waals surface area contributed by atoms with Crippen LogP contribution in [0.15, 0.2) is 42.1 Å². The highest BCUT2D eigenvalue weighted by atomic mass is 127. The van der Waals surface area contributed by atoms with E-state index in [0.29, 0.717) is 0 Å². The van der Waals surface area contributed by atoms with Crippen LogP contribution in [0.2, 0.25) is 0 Å². The minimum atomic E-state index is 0. The second-order valence-electron chi connectivity index (χ2n) is 5.55. The molecule has 1 heterocycles. The van der Waals surface area contributed by atoms with Gasteiger partial charge in [-0.25, -0.2) is 0 Å². The Morgan fingerprint density at radius 3 is 2.37 bits per heavy atom. The van der Waals surface area contributed by atoms with Crippen LogP contribution in [-0.2, 0) is 0 Å². The molecule has 0 saturated heterocycles. The predicted octanol–water partition coefficient (Wildman–Crippen LogP) is 1.57. The second-order valence-corrected chi connectivity index (χ2v) is 5.55. The molecule has 0 atom stereocenters. The molecule has 0 spiro atoms. The minimum absolute atomic E-state index is 0. The molecule has 2 aromatic rings.